The molecule has 1 fully saturated rings. The Bertz CT molecular complexity index is 1030. The lowest BCUT2D eigenvalue weighted by Crippen LogP contribution is -2.20. The molecule has 2 aromatic carbocycles. The first-order valence-corrected chi connectivity index (χ1v) is 11.1. The second-order valence-corrected chi connectivity index (χ2v) is 8.72. The van der Waals surface area contributed by atoms with Crippen LogP contribution in [-0.2, 0) is 10.0 Å². The van der Waals surface area contributed by atoms with Crippen molar-refractivity contribution < 1.29 is 23.1 Å². The smallest absolute Gasteiger partial charge is 0.337 e. The molecular formula is C21H24N2O5S. The maximum atomic E-state index is 12.8. The molecule has 0 radical (unpaired) electrons. The summed E-state index contributed by atoms with van der Waals surface area (Å²) in [7, 11) is -4.05. The Morgan fingerprint density at radius 2 is 1.83 bits per heavy atom. The van der Waals surface area contributed by atoms with Crippen LogP contribution < -0.4 is 9.62 Å². The highest BCUT2D eigenvalue weighted by atomic mass is 32.2. The van der Waals surface area contributed by atoms with Crippen LogP contribution in [0.3, 0.4) is 0 Å². The van der Waals surface area contributed by atoms with Gasteiger partial charge in [-0.25, -0.2) is 13.2 Å². The Morgan fingerprint density at radius 3 is 2.48 bits per heavy atom. The van der Waals surface area contributed by atoms with Crippen molar-refractivity contribution in [3.63, 3.8) is 0 Å². The molecule has 0 atom stereocenters. The van der Waals surface area contributed by atoms with Crippen molar-refractivity contribution in [2.45, 2.75) is 37.5 Å². The maximum absolute atomic E-state index is 12.8. The summed E-state index contributed by atoms with van der Waals surface area (Å²) in [4.78, 5) is 25.8. The van der Waals surface area contributed by atoms with Crippen molar-refractivity contribution in [2.24, 2.45) is 0 Å². The van der Waals surface area contributed by atoms with Crippen LogP contribution in [0.1, 0.15) is 53.3 Å². The maximum Gasteiger partial charge on any atom is 0.337 e. The lowest BCUT2D eigenvalue weighted by molar-refractivity contribution is 0.0697. The van der Waals surface area contributed by atoms with Crippen molar-refractivity contribution in [1.82, 2.24) is 0 Å². The van der Waals surface area contributed by atoms with Gasteiger partial charge >= 0.3 is 5.97 Å². The second-order valence-electron chi connectivity index (χ2n) is 7.04. The normalized spacial score (nSPS) is 14.0. The quantitative estimate of drug-likeness (QED) is 0.635. The minimum absolute atomic E-state index is 0.00858. The molecule has 0 aliphatic carbocycles. The standard InChI is InChI=1S/C21H24N2O5S/c1-2-6-20(24)15-7-5-8-17(13-15)29(27,28)22-19-10-9-16(14-18(19)21(25)26)23-11-3-4-12-23/h5,7-10,13-14,22H,2-4,6,11-12H2,1H3,(H,25,26). The van der Waals surface area contributed by atoms with Crippen LogP contribution >= 0.6 is 0 Å². The fourth-order valence-electron chi connectivity index (χ4n) is 3.38. The predicted octanol–water partition coefficient (Wildman–Crippen LogP) is 3.77. The van der Waals surface area contributed by atoms with E-state index in [4.69, 9.17) is 0 Å². The predicted molar refractivity (Wildman–Crippen MR) is 111 cm³/mol. The van der Waals surface area contributed by atoms with E-state index in [1.165, 1.54) is 30.3 Å². The van der Waals surface area contributed by atoms with E-state index in [0.717, 1.165) is 31.6 Å². The monoisotopic (exact) mass is 416 g/mol. The molecule has 1 aliphatic heterocycles. The van der Waals surface area contributed by atoms with E-state index in [1.807, 2.05) is 6.92 Å². The summed E-state index contributed by atoms with van der Waals surface area (Å²) >= 11 is 0. The number of nitrogens with one attached hydrogen (secondary N) is 1. The zero-order valence-corrected chi connectivity index (χ0v) is 17.0. The number of sulfonamides is 1. The first kappa shape index (κ1) is 20.9. The molecule has 0 amide bonds. The van der Waals surface area contributed by atoms with Gasteiger partial charge in [0.15, 0.2) is 5.78 Å². The van der Waals surface area contributed by atoms with E-state index < -0.39 is 16.0 Å². The summed E-state index contributed by atoms with van der Waals surface area (Å²) in [5.74, 6) is -1.35. The number of ketones is 1. The molecular weight excluding hydrogens is 392 g/mol. The van der Waals surface area contributed by atoms with Gasteiger partial charge in [-0.2, -0.15) is 0 Å². The zero-order valence-electron chi connectivity index (χ0n) is 16.2. The summed E-state index contributed by atoms with van der Waals surface area (Å²) in [6, 6.07) is 10.5. The van der Waals surface area contributed by atoms with Crippen molar-refractivity contribution in [3.8, 4) is 0 Å². The Morgan fingerprint density at radius 1 is 1.10 bits per heavy atom. The van der Waals surface area contributed by atoms with E-state index in [9.17, 15) is 23.1 Å². The van der Waals surface area contributed by atoms with E-state index in [-0.39, 0.29) is 21.9 Å². The first-order chi connectivity index (χ1) is 13.8. The largest absolute Gasteiger partial charge is 0.478 e. The Kier molecular flexibility index (Phi) is 6.22. The number of carbonyl (C=O) groups excluding carboxylic acids is 1. The van der Waals surface area contributed by atoms with Crippen LogP contribution in [0.25, 0.3) is 0 Å². The number of carboxylic acid groups (broad SMARTS) is 1. The molecule has 0 spiro atoms. The Labute approximate surface area is 170 Å². The number of benzene rings is 2. The van der Waals surface area contributed by atoms with Gasteiger partial charge in [0.2, 0.25) is 0 Å². The summed E-state index contributed by atoms with van der Waals surface area (Å²) in [6.07, 6.45) is 3.09. The molecule has 1 heterocycles. The number of carbonyl (C=O) groups is 2. The Balaban J connectivity index is 1.91. The van der Waals surface area contributed by atoms with Crippen molar-refractivity contribution in [3.05, 3.63) is 53.6 Å². The number of nitrogens with zero attached hydrogens (tertiary/aromatic N) is 1. The molecule has 1 aliphatic rings. The zero-order chi connectivity index (χ0) is 21.0. The highest BCUT2D eigenvalue weighted by Crippen LogP contribution is 2.28. The molecule has 2 N–H and O–H groups in total. The van der Waals surface area contributed by atoms with Crippen molar-refractivity contribution in [1.29, 1.82) is 0 Å². The number of aromatic carboxylic acids is 1. The SMILES string of the molecule is CCCC(=O)c1cccc(S(=O)(=O)Nc2ccc(N3CCCC3)cc2C(=O)O)c1. The fourth-order valence-corrected chi connectivity index (χ4v) is 4.51. The van der Waals surface area contributed by atoms with Crippen LogP contribution in [0.5, 0.6) is 0 Å². The minimum atomic E-state index is -4.05. The third-order valence-electron chi connectivity index (χ3n) is 4.89. The minimum Gasteiger partial charge on any atom is -0.478 e. The average molecular weight is 416 g/mol. The van der Waals surface area contributed by atoms with Crippen LogP contribution in [0.4, 0.5) is 11.4 Å². The molecule has 2 aromatic rings. The van der Waals surface area contributed by atoms with Crippen LogP contribution in [0.2, 0.25) is 0 Å². The van der Waals surface area contributed by atoms with Gasteiger partial charge in [-0.1, -0.05) is 19.1 Å². The number of hydrogen-bond acceptors (Lipinski definition) is 5. The van der Waals surface area contributed by atoms with Crippen LogP contribution in [0, 0.1) is 0 Å². The van der Waals surface area contributed by atoms with Gasteiger partial charge in [0.1, 0.15) is 0 Å². The van der Waals surface area contributed by atoms with Gasteiger partial charge in [0, 0.05) is 30.8 Å². The molecule has 0 aromatic heterocycles. The summed E-state index contributed by atoms with van der Waals surface area (Å²) in [6.45, 7) is 3.57. The van der Waals surface area contributed by atoms with E-state index in [0.29, 0.717) is 18.4 Å². The fraction of sp³-hybridized carbons (Fsp3) is 0.333. The van der Waals surface area contributed by atoms with Gasteiger partial charge in [0.25, 0.3) is 10.0 Å². The van der Waals surface area contributed by atoms with Gasteiger partial charge < -0.3 is 10.0 Å². The summed E-state index contributed by atoms with van der Waals surface area (Å²) in [5, 5.41) is 9.58. The number of carboxylic acids is 1. The number of hydrogen-bond donors (Lipinski definition) is 2. The van der Waals surface area contributed by atoms with E-state index in [1.54, 1.807) is 12.1 Å². The lowest BCUT2D eigenvalue weighted by Gasteiger charge is -2.19. The van der Waals surface area contributed by atoms with Crippen LogP contribution in [-0.4, -0.2) is 38.4 Å². The number of Topliss-reactive ketones (excluding diaryl/α,β-unsaturated/α-hetero) is 1. The van der Waals surface area contributed by atoms with Gasteiger partial charge in [-0.05, 0) is 49.6 Å². The molecule has 154 valence electrons. The van der Waals surface area contributed by atoms with Gasteiger partial charge in [-0.3, -0.25) is 9.52 Å². The Hall–Kier alpha value is -2.87. The first-order valence-electron chi connectivity index (χ1n) is 9.60. The number of anilines is 2. The highest BCUT2D eigenvalue weighted by Gasteiger charge is 2.22. The molecule has 0 saturated carbocycles. The molecule has 0 bridgehead atoms. The van der Waals surface area contributed by atoms with Crippen molar-refractivity contribution >= 4 is 33.2 Å². The second kappa shape index (κ2) is 8.65. The highest BCUT2D eigenvalue weighted by molar-refractivity contribution is 7.92. The van der Waals surface area contributed by atoms with Crippen LogP contribution in [0.15, 0.2) is 47.4 Å². The molecule has 8 heteroatoms. The van der Waals surface area contributed by atoms with E-state index in [2.05, 4.69) is 9.62 Å². The molecule has 7 nitrogen and oxygen atoms in total. The van der Waals surface area contributed by atoms with Gasteiger partial charge in [-0.15, -0.1) is 0 Å². The third kappa shape index (κ3) is 4.76. The molecule has 29 heavy (non-hydrogen) atoms. The number of rotatable bonds is 8. The molecule has 0 unspecified atom stereocenters. The third-order valence-corrected chi connectivity index (χ3v) is 6.26. The average Bonchev–Trinajstić information content (AvgIpc) is 3.23. The molecule has 1 saturated heterocycles. The summed E-state index contributed by atoms with van der Waals surface area (Å²) in [5.41, 5.74) is 0.953. The van der Waals surface area contributed by atoms with Gasteiger partial charge in [0.05, 0.1) is 16.1 Å². The lowest BCUT2D eigenvalue weighted by atomic mass is 10.1. The van der Waals surface area contributed by atoms with Crippen molar-refractivity contribution in [2.75, 3.05) is 22.7 Å². The topological polar surface area (TPSA) is 104 Å². The summed E-state index contributed by atoms with van der Waals surface area (Å²) < 4.78 is 28.0. The van der Waals surface area contributed by atoms with E-state index >= 15 is 0 Å². The molecule has 3 rings (SSSR count).